The second-order valence-electron chi connectivity index (χ2n) is 6.69. The smallest absolute Gasteiger partial charge is 0.148 e. The van der Waals surface area contributed by atoms with Gasteiger partial charge in [-0.2, -0.15) is 0 Å². The highest BCUT2D eigenvalue weighted by Gasteiger charge is 2.35. The van der Waals surface area contributed by atoms with Crippen LogP contribution in [0.4, 0.5) is 0 Å². The molecular formula is C14H30N2O3S. The van der Waals surface area contributed by atoms with Gasteiger partial charge in [0.25, 0.3) is 0 Å². The Balaban J connectivity index is 2.45. The molecule has 1 unspecified atom stereocenters. The van der Waals surface area contributed by atoms with Gasteiger partial charge in [0, 0.05) is 37.9 Å². The average molecular weight is 306 g/mol. The minimum atomic E-state index is -2.89. The van der Waals surface area contributed by atoms with Crippen LogP contribution in [0.15, 0.2) is 0 Å². The maximum atomic E-state index is 11.2. The van der Waals surface area contributed by atoms with Gasteiger partial charge < -0.3 is 15.0 Å². The first-order valence-electron chi connectivity index (χ1n) is 7.37. The van der Waals surface area contributed by atoms with Crippen LogP contribution in [0.25, 0.3) is 0 Å². The molecule has 1 rings (SSSR count). The third-order valence-corrected chi connectivity index (χ3v) is 4.61. The van der Waals surface area contributed by atoms with Crippen LogP contribution in [0.1, 0.15) is 20.3 Å². The van der Waals surface area contributed by atoms with Gasteiger partial charge in [-0.25, -0.2) is 8.42 Å². The molecule has 6 heteroatoms. The van der Waals surface area contributed by atoms with Crippen molar-refractivity contribution in [3.05, 3.63) is 0 Å². The van der Waals surface area contributed by atoms with E-state index in [1.54, 1.807) is 0 Å². The van der Waals surface area contributed by atoms with Gasteiger partial charge in [0.05, 0.1) is 12.4 Å². The molecule has 0 aromatic heterocycles. The van der Waals surface area contributed by atoms with Crippen molar-refractivity contribution in [2.45, 2.75) is 20.3 Å². The number of sulfone groups is 1. The molecule has 1 aliphatic rings. The van der Waals surface area contributed by atoms with Crippen LogP contribution in [-0.2, 0) is 14.6 Å². The maximum Gasteiger partial charge on any atom is 0.148 e. The van der Waals surface area contributed by atoms with Crippen LogP contribution in [0.3, 0.4) is 0 Å². The lowest BCUT2D eigenvalue weighted by molar-refractivity contribution is 0.120. The van der Waals surface area contributed by atoms with E-state index in [1.807, 2.05) is 7.05 Å². The minimum absolute atomic E-state index is 0.126. The Morgan fingerprint density at radius 1 is 1.40 bits per heavy atom. The molecule has 0 amide bonds. The molecule has 0 saturated carbocycles. The molecule has 0 radical (unpaired) electrons. The molecule has 0 spiro atoms. The van der Waals surface area contributed by atoms with Crippen molar-refractivity contribution < 1.29 is 13.2 Å². The van der Waals surface area contributed by atoms with Gasteiger partial charge in [-0.1, -0.05) is 13.8 Å². The largest absolute Gasteiger partial charge is 0.381 e. The highest BCUT2D eigenvalue weighted by molar-refractivity contribution is 7.90. The van der Waals surface area contributed by atoms with Crippen molar-refractivity contribution in [3.63, 3.8) is 0 Å². The summed E-state index contributed by atoms with van der Waals surface area (Å²) in [5.41, 5.74) is 0.126. The molecule has 1 fully saturated rings. The number of hydrogen-bond acceptors (Lipinski definition) is 5. The second kappa shape index (κ2) is 7.73. The van der Waals surface area contributed by atoms with Crippen molar-refractivity contribution in [3.8, 4) is 0 Å². The number of nitrogens with zero attached hydrogens (tertiary/aromatic N) is 1. The fourth-order valence-electron chi connectivity index (χ4n) is 2.57. The molecule has 0 bridgehead atoms. The zero-order chi connectivity index (χ0) is 15.2. The Bertz CT molecular complexity index is 376. The van der Waals surface area contributed by atoms with Crippen molar-refractivity contribution in [1.29, 1.82) is 0 Å². The number of ether oxygens (including phenoxy) is 1. The van der Waals surface area contributed by atoms with Crippen molar-refractivity contribution >= 4 is 9.84 Å². The third-order valence-electron chi connectivity index (χ3n) is 3.69. The van der Waals surface area contributed by atoms with E-state index in [1.165, 1.54) is 6.26 Å². The van der Waals surface area contributed by atoms with Crippen molar-refractivity contribution in [2.24, 2.45) is 11.3 Å². The average Bonchev–Trinajstić information content (AvgIpc) is 2.74. The quantitative estimate of drug-likeness (QED) is 0.676. The fourth-order valence-corrected chi connectivity index (χ4v) is 3.21. The molecule has 0 aromatic rings. The van der Waals surface area contributed by atoms with Crippen LogP contribution in [0, 0.1) is 11.3 Å². The van der Waals surface area contributed by atoms with Crippen molar-refractivity contribution in [2.75, 3.05) is 58.4 Å². The first kappa shape index (κ1) is 17.9. The van der Waals surface area contributed by atoms with Crippen LogP contribution < -0.4 is 5.32 Å². The molecule has 0 aromatic carbocycles. The zero-order valence-corrected chi connectivity index (χ0v) is 14.1. The van der Waals surface area contributed by atoms with E-state index in [4.69, 9.17) is 4.74 Å². The number of rotatable bonds is 9. The molecule has 120 valence electrons. The topological polar surface area (TPSA) is 58.6 Å². The summed E-state index contributed by atoms with van der Waals surface area (Å²) < 4.78 is 28.1. The molecule has 1 heterocycles. The van der Waals surface area contributed by atoms with Gasteiger partial charge in [-0.15, -0.1) is 0 Å². The SMILES string of the molecule is CC(C)CNCC1(CN(C)CCS(C)(=O)=O)CCOC1. The first-order chi connectivity index (χ1) is 9.22. The molecule has 1 atom stereocenters. The van der Waals surface area contributed by atoms with Crippen LogP contribution >= 0.6 is 0 Å². The first-order valence-corrected chi connectivity index (χ1v) is 9.43. The Labute approximate surface area is 124 Å². The fraction of sp³-hybridized carbons (Fsp3) is 1.00. The van der Waals surface area contributed by atoms with Gasteiger partial charge in [0.2, 0.25) is 0 Å². The lowest BCUT2D eigenvalue weighted by Crippen LogP contribution is -2.45. The van der Waals surface area contributed by atoms with Gasteiger partial charge in [-0.05, 0) is 25.9 Å². The zero-order valence-electron chi connectivity index (χ0n) is 13.3. The lowest BCUT2D eigenvalue weighted by Gasteiger charge is -2.32. The highest BCUT2D eigenvalue weighted by atomic mass is 32.2. The van der Waals surface area contributed by atoms with Crippen LogP contribution in [0.5, 0.6) is 0 Å². The molecule has 5 nitrogen and oxygen atoms in total. The monoisotopic (exact) mass is 306 g/mol. The standard InChI is InChI=1S/C14H30N2O3S/c1-13(2)9-15-10-14(5-7-19-12-14)11-16(3)6-8-20(4,17)18/h13,15H,5-12H2,1-4H3. The predicted octanol–water partition coefficient (Wildman–Crippen LogP) is 0.615. The minimum Gasteiger partial charge on any atom is -0.381 e. The van der Waals surface area contributed by atoms with E-state index in [2.05, 4.69) is 24.1 Å². The van der Waals surface area contributed by atoms with Crippen LogP contribution in [0.2, 0.25) is 0 Å². The molecular weight excluding hydrogens is 276 g/mol. The lowest BCUT2D eigenvalue weighted by atomic mass is 9.86. The second-order valence-corrected chi connectivity index (χ2v) is 8.95. The summed E-state index contributed by atoms with van der Waals surface area (Å²) in [6, 6.07) is 0. The van der Waals surface area contributed by atoms with E-state index in [9.17, 15) is 8.42 Å². The van der Waals surface area contributed by atoms with Crippen LogP contribution in [-0.4, -0.2) is 71.8 Å². The van der Waals surface area contributed by atoms with Crippen molar-refractivity contribution in [1.82, 2.24) is 10.2 Å². The Hall–Kier alpha value is -0.170. The normalized spacial score (nSPS) is 23.9. The van der Waals surface area contributed by atoms with E-state index < -0.39 is 9.84 Å². The highest BCUT2D eigenvalue weighted by Crippen LogP contribution is 2.28. The molecule has 0 aliphatic carbocycles. The van der Waals surface area contributed by atoms with Gasteiger partial charge in [-0.3, -0.25) is 0 Å². The van der Waals surface area contributed by atoms with Gasteiger partial charge in [0.15, 0.2) is 0 Å². The summed E-state index contributed by atoms with van der Waals surface area (Å²) in [5.74, 6) is 0.859. The molecule has 1 N–H and O–H groups in total. The van der Waals surface area contributed by atoms with Gasteiger partial charge in [0.1, 0.15) is 9.84 Å². The summed E-state index contributed by atoms with van der Waals surface area (Å²) in [5, 5.41) is 3.52. The third kappa shape index (κ3) is 7.02. The Morgan fingerprint density at radius 3 is 2.60 bits per heavy atom. The maximum absolute atomic E-state index is 11.2. The number of hydrogen-bond donors (Lipinski definition) is 1. The molecule has 1 saturated heterocycles. The Kier molecular flexibility index (Phi) is 6.91. The Morgan fingerprint density at radius 2 is 2.10 bits per heavy atom. The molecule has 20 heavy (non-hydrogen) atoms. The van der Waals surface area contributed by atoms with E-state index in [0.29, 0.717) is 12.5 Å². The predicted molar refractivity (Wildman–Crippen MR) is 82.8 cm³/mol. The van der Waals surface area contributed by atoms with E-state index >= 15 is 0 Å². The van der Waals surface area contributed by atoms with Gasteiger partial charge >= 0.3 is 0 Å². The summed E-state index contributed by atoms with van der Waals surface area (Å²) in [6.07, 6.45) is 2.33. The molecule has 1 aliphatic heterocycles. The van der Waals surface area contributed by atoms with E-state index in [0.717, 1.165) is 39.3 Å². The summed E-state index contributed by atoms with van der Waals surface area (Å²) in [7, 11) is -0.896. The summed E-state index contributed by atoms with van der Waals surface area (Å²) >= 11 is 0. The summed E-state index contributed by atoms with van der Waals surface area (Å²) in [6.45, 7) is 9.39. The summed E-state index contributed by atoms with van der Waals surface area (Å²) in [4.78, 5) is 2.12. The van der Waals surface area contributed by atoms with E-state index in [-0.39, 0.29) is 11.2 Å². The number of nitrogens with one attached hydrogen (secondary N) is 1.